The SMILES string of the molecule is CCOC(=O)Cc1[nH]nc2c1[C@H](c1ccc(OC)c(OC)c1OC)C(C#N)=C(N)O2. The van der Waals surface area contributed by atoms with Crippen molar-refractivity contribution in [2.24, 2.45) is 5.73 Å². The van der Waals surface area contributed by atoms with E-state index in [0.29, 0.717) is 34.1 Å². The number of esters is 1. The second-order valence-corrected chi connectivity index (χ2v) is 6.25. The van der Waals surface area contributed by atoms with E-state index in [1.54, 1.807) is 19.1 Å². The first-order chi connectivity index (χ1) is 14.5. The van der Waals surface area contributed by atoms with Gasteiger partial charge in [0, 0.05) is 5.56 Å². The molecule has 30 heavy (non-hydrogen) atoms. The summed E-state index contributed by atoms with van der Waals surface area (Å²) in [5.41, 5.74) is 7.68. The summed E-state index contributed by atoms with van der Waals surface area (Å²) < 4.78 is 27.0. The number of nitrogens with two attached hydrogens (primary N) is 1. The van der Waals surface area contributed by atoms with Crippen LogP contribution in [0.1, 0.15) is 29.7 Å². The van der Waals surface area contributed by atoms with E-state index in [4.69, 9.17) is 29.4 Å². The molecule has 0 fully saturated rings. The number of aromatic amines is 1. The fraction of sp³-hybridized carbons (Fsp3) is 0.350. The van der Waals surface area contributed by atoms with Gasteiger partial charge in [0.15, 0.2) is 11.5 Å². The molecule has 3 N–H and O–H groups in total. The van der Waals surface area contributed by atoms with E-state index >= 15 is 0 Å². The number of methoxy groups -OCH3 is 3. The molecule has 0 radical (unpaired) electrons. The third-order valence-electron chi connectivity index (χ3n) is 4.69. The molecule has 10 heteroatoms. The Kier molecular flexibility index (Phi) is 6.01. The van der Waals surface area contributed by atoms with Crippen molar-refractivity contribution in [2.45, 2.75) is 19.3 Å². The van der Waals surface area contributed by atoms with Crippen LogP contribution in [-0.2, 0) is 16.0 Å². The van der Waals surface area contributed by atoms with Gasteiger partial charge in [0.1, 0.15) is 11.6 Å². The highest BCUT2D eigenvalue weighted by Gasteiger charge is 2.38. The van der Waals surface area contributed by atoms with Gasteiger partial charge in [-0.25, -0.2) is 0 Å². The first-order valence-electron chi connectivity index (χ1n) is 9.09. The fourth-order valence-electron chi connectivity index (χ4n) is 3.46. The van der Waals surface area contributed by atoms with Gasteiger partial charge in [-0.2, -0.15) is 5.26 Å². The molecule has 1 aromatic carbocycles. The van der Waals surface area contributed by atoms with Gasteiger partial charge in [0.2, 0.25) is 17.5 Å². The van der Waals surface area contributed by atoms with Crippen molar-refractivity contribution in [3.05, 3.63) is 40.4 Å². The van der Waals surface area contributed by atoms with E-state index in [9.17, 15) is 10.1 Å². The van der Waals surface area contributed by atoms with Crippen LogP contribution in [0.4, 0.5) is 0 Å². The maximum atomic E-state index is 12.1. The molecule has 3 rings (SSSR count). The number of allylic oxidation sites excluding steroid dienone is 1. The van der Waals surface area contributed by atoms with Crippen molar-refractivity contribution < 1.29 is 28.5 Å². The third-order valence-corrected chi connectivity index (χ3v) is 4.69. The molecule has 0 saturated carbocycles. The zero-order valence-corrected chi connectivity index (χ0v) is 17.1. The van der Waals surface area contributed by atoms with Crippen LogP contribution in [0.2, 0.25) is 0 Å². The number of carbonyl (C=O) groups is 1. The van der Waals surface area contributed by atoms with Gasteiger partial charge in [0.05, 0.1) is 51.5 Å². The molecule has 1 atom stereocenters. The van der Waals surface area contributed by atoms with Crippen molar-refractivity contribution in [1.29, 1.82) is 5.26 Å². The fourth-order valence-corrected chi connectivity index (χ4v) is 3.46. The first kappa shape index (κ1) is 20.9. The van der Waals surface area contributed by atoms with Crippen molar-refractivity contribution in [2.75, 3.05) is 27.9 Å². The number of benzene rings is 1. The predicted octanol–water partition coefficient (Wildman–Crippen LogP) is 1.76. The molecule has 0 unspecified atom stereocenters. The number of nitrogens with one attached hydrogen (secondary N) is 1. The summed E-state index contributed by atoms with van der Waals surface area (Å²) in [6.07, 6.45) is -0.0791. The molecule has 10 nitrogen and oxygen atoms in total. The largest absolute Gasteiger partial charge is 0.493 e. The Labute approximate surface area is 173 Å². The van der Waals surface area contributed by atoms with Gasteiger partial charge in [-0.3, -0.25) is 9.89 Å². The van der Waals surface area contributed by atoms with Crippen LogP contribution < -0.4 is 24.7 Å². The zero-order chi connectivity index (χ0) is 21.8. The molecule has 0 aliphatic carbocycles. The summed E-state index contributed by atoms with van der Waals surface area (Å²) in [7, 11) is 4.48. The van der Waals surface area contributed by atoms with E-state index < -0.39 is 11.9 Å². The highest BCUT2D eigenvalue weighted by Crippen LogP contribution is 2.50. The Hall–Kier alpha value is -3.87. The standard InChI is InChI=1S/C20H22N4O6/c1-5-29-14(25)8-12-16-15(11(9-21)19(22)30-20(16)24-23-12)10-6-7-13(26-2)18(28-4)17(10)27-3/h6-7,15H,5,8,22H2,1-4H3,(H,23,24)/t15-/m1/s1. The Morgan fingerprint density at radius 1 is 1.27 bits per heavy atom. The molecule has 2 heterocycles. The molecule has 158 valence electrons. The number of H-pyrrole nitrogens is 1. The maximum Gasteiger partial charge on any atom is 0.311 e. The van der Waals surface area contributed by atoms with Gasteiger partial charge in [-0.1, -0.05) is 6.07 Å². The van der Waals surface area contributed by atoms with Gasteiger partial charge < -0.3 is 29.4 Å². The lowest BCUT2D eigenvalue weighted by molar-refractivity contribution is -0.142. The third kappa shape index (κ3) is 3.45. The normalized spacial score (nSPS) is 15.0. The van der Waals surface area contributed by atoms with Crippen LogP contribution in [0, 0.1) is 11.3 Å². The van der Waals surface area contributed by atoms with Crippen molar-refractivity contribution >= 4 is 5.97 Å². The minimum absolute atomic E-state index is 0.0791. The number of ether oxygens (including phenoxy) is 5. The predicted molar refractivity (Wildman–Crippen MR) is 104 cm³/mol. The van der Waals surface area contributed by atoms with E-state index in [-0.39, 0.29) is 30.4 Å². The summed E-state index contributed by atoms with van der Waals surface area (Å²) in [5, 5.41) is 16.7. The number of fused-ring (bicyclic) bond motifs is 1. The van der Waals surface area contributed by atoms with Gasteiger partial charge in [-0.05, 0) is 13.0 Å². The molecule has 0 amide bonds. The number of hydrogen-bond acceptors (Lipinski definition) is 9. The molecular formula is C20H22N4O6. The van der Waals surface area contributed by atoms with Crippen LogP contribution in [-0.4, -0.2) is 44.1 Å². The quantitative estimate of drug-likeness (QED) is 0.648. The molecule has 2 aromatic rings. The number of hydrogen-bond donors (Lipinski definition) is 2. The van der Waals surface area contributed by atoms with Crippen LogP contribution in [0.3, 0.4) is 0 Å². The topological polar surface area (TPSA) is 142 Å². The minimum Gasteiger partial charge on any atom is -0.493 e. The molecular weight excluding hydrogens is 392 g/mol. The smallest absolute Gasteiger partial charge is 0.311 e. The summed E-state index contributed by atoms with van der Waals surface area (Å²) in [6.45, 7) is 1.97. The minimum atomic E-state index is -0.711. The lowest BCUT2D eigenvalue weighted by atomic mass is 9.83. The number of carbonyl (C=O) groups excluding carboxylic acids is 1. The number of aromatic nitrogens is 2. The molecule has 1 aromatic heterocycles. The maximum absolute atomic E-state index is 12.1. The molecule has 0 bridgehead atoms. The van der Waals surface area contributed by atoms with E-state index in [0.717, 1.165) is 0 Å². The average Bonchev–Trinajstić information content (AvgIpc) is 3.13. The van der Waals surface area contributed by atoms with Crippen LogP contribution >= 0.6 is 0 Å². The first-order valence-corrected chi connectivity index (χ1v) is 9.09. The van der Waals surface area contributed by atoms with E-state index in [2.05, 4.69) is 16.3 Å². The molecule has 0 spiro atoms. The van der Waals surface area contributed by atoms with E-state index in [1.807, 2.05) is 0 Å². The number of nitriles is 1. The highest BCUT2D eigenvalue weighted by atomic mass is 16.5. The summed E-state index contributed by atoms with van der Waals surface area (Å²) >= 11 is 0. The van der Waals surface area contributed by atoms with Gasteiger partial charge in [0.25, 0.3) is 0 Å². The Morgan fingerprint density at radius 2 is 2.00 bits per heavy atom. The van der Waals surface area contributed by atoms with Crippen molar-refractivity contribution in [3.8, 4) is 29.2 Å². The molecule has 1 aliphatic rings. The lowest BCUT2D eigenvalue weighted by Crippen LogP contribution is -2.22. The molecule has 0 saturated heterocycles. The van der Waals surface area contributed by atoms with Crippen molar-refractivity contribution in [1.82, 2.24) is 10.2 Å². The monoisotopic (exact) mass is 414 g/mol. The van der Waals surface area contributed by atoms with Gasteiger partial charge >= 0.3 is 5.97 Å². The molecule has 1 aliphatic heterocycles. The van der Waals surface area contributed by atoms with Crippen LogP contribution in [0.25, 0.3) is 0 Å². The summed E-state index contributed by atoms with van der Waals surface area (Å²) in [6, 6.07) is 5.54. The van der Waals surface area contributed by atoms with Crippen LogP contribution in [0.15, 0.2) is 23.6 Å². The second kappa shape index (κ2) is 8.65. The highest BCUT2D eigenvalue weighted by molar-refractivity contribution is 5.74. The average molecular weight is 414 g/mol. The van der Waals surface area contributed by atoms with E-state index in [1.165, 1.54) is 21.3 Å². The van der Waals surface area contributed by atoms with Crippen LogP contribution in [0.5, 0.6) is 23.1 Å². The Balaban J connectivity index is 2.23. The van der Waals surface area contributed by atoms with Gasteiger partial charge in [-0.15, -0.1) is 5.10 Å². The lowest BCUT2D eigenvalue weighted by Gasteiger charge is -2.26. The number of rotatable bonds is 7. The number of nitrogens with zero attached hydrogens (tertiary/aromatic N) is 2. The summed E-state index contributed by atoms with van der Waals surface area (Å²) in [5.74, 6) is 0.114. The Morgan fingerprint density at radius 3 is 2.60 bits per heavy atom. The summed E-state index contributed by atoms with van der Waals surface area (Å²) in [4.78, 5) is 12.1. The zero-order valence-electron chi connectivity index (χ0n) is 17.1. The Bertz CT molecular complexity index is 1040. The second-order valence-electron chi connectivity index (χ2n) is 6.25. The van der Waals surface area contributed by atoms with Crippen molar-refractivity contribution in [3.63, 3.8) is 0 Å².